The van der Waals surface area contributed by atoms with Gasteiger partial charge in [0.25, 0.3) is 0 Å². The van der Waals surface area contributed by atoms with Crippen molar-refractivity contribution in [2.24, 2.45) is 0 Å². The topological polar surface area (TPSA) is 36.9 Å². The van der Waals surface area contributed by atoms with Gasteiger partial charge in [0.1, 0.15) is 32.5 Å². The average molecular weight is 408 g/mol. The quantitative estimate of drug-likeness (QED) is 0.521. The summed E-state index contributed by atoms with van der Waals surface area (Å²) in [5.74, 6) is 0. The van der Waals surface area contributed by atoms with Crippen LogP contribution in [0.4, 0.5) is 0 Å². The van der Waals surface area contributed by atoms with Crippen molar-refractivity contribution in [3.63, 3.8) is 0 Å². The molecule has 0 bridgehead atoms. The van der Waals surface area contributed by atoms with Crippen LogP contribution in [-0.2, 0) is 17.4 Å². The maximum Gasteiger partial charge on any atom is 0.337 e. The van der Waals surface area contributed by atoms with E-state index < -0.39 is 9.39 Å². The summed E-state index contributed by atoms with van der Waals surface area (Å²) in [6, 6.07) is 0. The van der Waals surface area contributed by atoms with E-state index in [1.165, 1.54) is 0 Å². The third-order valence-electron chi connectivity index (χ3n) is 0.811. The third kappa shape index (κ3) is 1.33. The fourth-order valence-corrected chi connectivity index (χ4v) is 1.69. The zero-order valence-electron chi connectivity index (χ0n) is 4.14. The van der Waals surface area contributed by atoms with E-state index in [1.807, 2.05) is 0 Å². The fourth-order valence-electron chi connectivity index (χ4n) is 0.291. The van der Waals surface area contributed by atoms with Crippen LogP contribution in [0.2, 0.25) is 0 Å². The first-order chi connectivity index (χ1) is 4.58. The van der Waals surface area contributed by atoms with E-state index >= 15 is 0 Å². The average Bonchev–Trinajstić information content (AvgIpc) is 1.99. The Kier molecular flexibility index (Phi) is 3.20. The lowest BCUT2D eigenvalue weighted by Crippen LogP contribution is -2.60. The van der Waals surface area contributed by atoms with Gasteiger partial charge >= 0.3 is 9.39 Å². The molecule has 0 N–H and O–H groups in total. The molecule has 0 aromatic carbocycles. The Hall–Kier alpha value is 1.76. The van der Waals surface area contributed by atoms with E-state index in [9.17, 15) is 0 Å². The van der Waals surface area contributed by atoms with Crippen molar-refractivity contribution in [3.8, 4) is 0 Å². The maximum atomic E-state index is 4.66. The number of alkyl halides is 2. The fraction of sp³-hybridized carbons (Fsp3) is 1.00. The van der Waals surface area contributed by atoms with Crippen LogP contribution in [0.15, 0.2) is 0 Å². The van der Waals surface area contributed by atoms with Gasteiger partial charge in [0.15, 0.2) is 0 Å². The predicted octanol–water partition coefficient (Wildman–Crippen LogP) is 2.70. The van der Waals surface area contributed by atoms with Crippen LogP contribution >= 0.6 is 64.4 Å². The Morgan fingerprint density at radius 1 is 0.900 bits per heavy atom. The molecule has 0 radical (unpaired) electrons. The molecule has 0 aromatic heterocycles. The molecule has 1 saturated heterocycles. The van der Waals surface area contributed by atoms with E-state index in [0.717, 1.165) is 0 Å². The van der Waals surface area contributed by atoms with E-state index in [2.05, 4.69) is 81.8 Å². The summed E-state index contributed by atoms with van der Waals surface area (Å²) >= 11 is 11.5. The van der Waals surface area contributed by atoms with Crippen LogP contribution in [-0.4, -0.2) is 9.39 Å². The van der Waals surface area contributed by atoms with Crippen molar-refractivity contribution in [1.82, 2.24) is 0 Å². The number of rotatable bonds is 2. The van der Waals surface area contributed by atoms with Crippen LogP contribution in [0.25, 0.3) is 0 Å². The normalized spacial score (nSPS) is 46.8. The molecular weight excluding hydrogens is 408 g/mol. The van der Waals surface area contributed by atoms with Gasteiger partial charge in [-0.15, -0.1) is 0 Å². The molecule has 1 rings (SSSR count). The number of halogens is 4. The minimum absolute atomic E-state index is 1.18. The van der Waals surface area contributed by atoms with Gasteiger partial charge in [-0.3, -0.25) is 7.66 Å². The third-order valence-corrected chi connectivity index (χ3v) is 4.76. The summed E-state index contributed by atoms with van der Waals surface area (Å²) in [6.45, 7) is 0. The Balaban J connectivity index is 2.64. The van der Waals surface area contributed by atoms with Gasteiger partial charge in [-0.25, -0.2) is 0 Å². The lowest BCUT2D eigenvalue weighted by Gasteiger charge is -2.43. The highest BCUT2D eigenvalue weighted by molar-refractivity contribution is 9.13. The summed E-state index contributed by atoms with van der Waals surface area (Å²) in [5.41, 5.74) is 0. The molecule has 0 aliphatic carbocycles. The second-order valence-electron chi connectivity index (χ2n) is 1.39. The molecular formula is C2Br4O4. The minimum atomic E-state index is -1.18. The largest absolute Gasteiger partial charge is 0.337 e. The zero-order chi connectivity index (χ0) is 7.83. The monoisotopic (exact) mass is 404 g/mol. The highest BCUT2D eigenvalue weighted by atomic mass is 79.9. The van der Waals surface area contributed by atoms with E-state index in [-0.39, 0.29) is 0 Å². The van der Waals surface area contributed by atoms with Crippen LogP contribution in [0.1, 0.15) is 0 Å². The lowest BCUT2D eigenvalue weighted by atomic mass is 10.6. The molecule has 8 heteroatoms. The molecule has 60 valence electrons. The van der Waals surface area contributed by atoms with Crippen molar-refractivity contribution < 1.29 is 17.4 Å². The Bertz CT molecular complexity index is 119. The van der Waals surface area contributed by atoms with Crippen molar-refractivity contribution >= 4 is 64.4 Å². The Morgan fingerprint density at radius 2 is 1.20 bits per heavy atom. The molecule has 2 unspecified atom stereocenters. The second-order valence-corrected chi connectivity index (χ2v) is 4.13. The first kappa shape index (κ1) is 9.85. The molecule has 0 spiro atoms. The summed E-state index contributed by atoms with van der Waals surface area (Å²) in [7, 11) is 0. The van der Waals surface area contributed by atoms with Gasteiger partial charge in [-0.05, 0) is 31.9 Å². The predicted molar refractivity (Wildman–Crippen MR) is 45.5 cm³/mol. The summed E-state index contributed by atoms with van der Waals surface area (Å²) in [6.07, 6.45) is 0. The first-order valence-corrected chi connectivity index (χ1v) is 4.80. The highest BCUT2D eigenvalue weighted by Crippen LogP contribution is 2.53. The van der Waals surface area contributed by atoms with Crippen LogP contribution in [0.5, 0.6) is 0 Å². The highest BCUT2D eigenvalue weighted by Gasteiger charge is 2.66. The zero-order valence-corrected chi connectivity index (χ0v) is 10.5. The van der Waals surface area contributed by atoms with Crippen molar-refractivity contribution in [2.45, 2.75) is 9.39 Å². The number of hydrogen-bond acceptors (Lipinski definition) is 4. The number of hydrogen-bond donors (Lipinski definition) is 0. The van der Waals surface area contributed by atoms with Gasteiger partial charge in [0.05, 0.1) is 0 Å². The SMILES string of the molecule is BrOC1(Br)OOC1(Br)OBr. The van der Waals surface area contributed by atoms with Gasteiger partial charge in [-0.2, -0.15) is 9.78 Å². The van der Waals surface area contributed by atoms with Crippen LogP contribution in [0, 0.1) is 0 Å². The van der Waals surface area contributed by atoms with Crippen LogP contribution in [0.3, 0.4) is 0 Å². The van der Waals surface area contributed by atoms with Gasteiger partial charge < -0.3 is 0 Å². The smallest absolute Gasteiger partial charge is 0.254 e. The van der Waals surface area contributed by atoms with Crippen LogP contribution < -0.4 is 0 Å². The first-order valence-electron chi connectivity index (χ1n) is 1.92. The second kappa shape index (κ2) is 3.25. The van der Waals surface area contributed by atoms with Gasteiger partial charge in [0.2, 0.25) is 0 Å². The van der Waals surface area contributed by atoms with E-state index in [1.54, 1.807) is 0 Å². The molecule has 0 saturated carbocycles. The molecule has 2 atom stereocenters. The van der Waals surface area contributed by atoms with E-state index in [4.69, 9.17) is 0 Å². The standard InChI is InChI=1S/C2Br4O4/c3-1(7-5)2(4,8-6)10-9-1. The summed E-state index contributed by atoms with van der Waals surface area (Å²) < 4.78 is 6.97. The molecule has 4 nitrogen and oxygen atoms in total. The minimum Gasteiger partial charge on any atom is -0.254 e. The molecule has 10 heavy (non-hydrogen) atoms. The molecule has 0 aromatic rings. The van der Waals surface area contributed by atoms with Crippen molar-refractivity contribution in [3.05, 3.63) is 0 Å². The van der Waals surface area contributed by atoms with Crippen molar-refractivity contribution in [1.29, 1.82) is 0 Å². The Labute approximate surface area is 90.6 Å². The molecule has 1 aliphatic rings. The molecule has 0 amide bonds. The van der Waals surface area contributed by atoms with E-state index in [0.29, 0.717) is 0 Å². The summed E-state index contributed by atoms with van der Waals surface area (Å²) in [4.78, 5) is 9.04. The Morgan fingerprint density at radius 3 is 1.30 bits per heavy atom. The van der Waals surface area contributed by atoms with Gasteiger partial charge in [0, 0.05) is 0 Å². The van der Waals surface area contributed by atoms with Gasteiger partial charge in [-0.1, -0.05) is 0 Å². The summed E-state index contributed by atoms with van der Waals surface area (Å²) in [5, 5.41) is 0. The maximum absolute atomic E-state index is 4.66. The molecule has 1 fully saturated rings. The van der Waals surface area contributed by atoms with Crippen molar-refractivity contribution in [2.75, 3.05) is 0 Å². The lowest BCUT2D eigenvalue weighted by molar-refractivity contribution is -0.563. The molecule has 1 aliphatic heterocycles. The molecule has 1 heterocycles.